The molecule has 186 valence electrons. The first-order valence-electron chi connectivity index (χ1n) is 11.6. The van der Waals surface area contributed by atoms with Crippen LogP contribution in [0.3, 0.4) is 0 Å². The van der Waals surface area contributed by atoms with Gasteiger partial charge >= 0.3 is 12.0 Å². The van der Waals surface area contributed by atoms with Crippen molar-refractivity contribution in [2.24, 2.45) is 0 Å². The molecule has 4 aromatic rings. The Morgan fingerprint density at radius 2 is 1.64 bits per heavy atom. The van der Waals surface area contributed by atoms with Crippen LogP contribution in [0.1, 0.15) is 42.6 Å². The summed E-state index contributed by atoms with van der Waals surface area (Å²) in [6.07, 6.45) is 4.28. The molecule has 2 amide bonds. The third-order valence-electron chi connectivity index (χ3n) is 5.62. The van der Waals surface area contributed by atoms with Crippen molar-refractivity contribution in [2.45, 2.75) is 32.6 Å². The summed E-state index contributed by atoms with van der Waals surface area (Å²) in [4.78, 5) is 29.1. The van der Waals surface area contributed by atoms with Gasteiger partial charge in [0.25, 0.3) is 0 Å². The third-order valence-corrected chi connectivity index (χ3v) is 5.62. The summed E-state index contributed by atoms with van der Waals surface area (Å²) in [7, 11) is 1.26. The number of carbonyl (C=O) groups excluding carboxylic acids is 2. The van der Waals surface area contributed by atoms with Crippen LogP contribution in [0.15, 0.2) is 71.4 Å². The summed E-state index contributed by atoms with van der Waals surface area (Å²) in [6, 6.07) is 16.4. The van der Waals surface area contributed by atoms with E-state index in [4.69, 9.17) is 13.9 Å². The minimum Gasteiger partial charge on any atom is -0.493 e. The molecule has 2 N–H and O–H groups in total. The lowest BCUT2D eigenvalue weighted by atomic mass is 9.93. The van der Waals surface area contributed by atoms with Gasteiger partial charge in [-0.25, -0.2) is 9.59 Å². The number of anilines is 2. The van der Waals surface area contributed by atoms with Crippen LogP contribution in [-0.2, 0) is 16.6 Å². The molecular weight excluding hydrogens is 458 g/mol. The molecule has 36 heavy (non-hydrogen) atoms. The summed E-state index contributed by atoms with van der Waals surface area (Å²) < 4.78 is 16.6. The van der Waals surface area contributed by atoms with E-state index in [1.165, 1.54) is 7.11 Å². The molecule has 8 heteroatoms. The standard InChI is InChI=1S/C28H29N3O5/c1-28(2,3)24-17-22(25(36-24)26(32)34-4)31-27(33)30-21-9-10-23(20-8-6-5-7-19(20)21)35-16-13-18-11-14-29-15-12-18/h5-12,14-15,17H,13,16H2,1-4H3,(H2,30,31,33). The van der Waals surface area contributed by atoms with Crippen LogP contribution < -0.4 is 15.4 Å². The summed E-state index contributed by atoms with van der Waals surface area (Å²) in [5, 5.41) is 7.28. The fourth-order valence-corrected chi connectivity index (χ4v) is 3.71. The van der Waals surface area contributed by atoms with Crippen molar-refractivity contribution in [1.82, 2.24) is 4.98 Å². The first-order chi connectivity index (χ1) is 17.3. The Morgan fingerprint density at radius 3 is 2.33 bits per heavy atom. The summed E-state index contributed by atoms with van der Waals surface area (Å²) in [6.45, 7) is 6.35. The Morgan fingerprint density at radius 1 is 0.944 bits per heavy atom. The highest BCUT2D eigenvalue weighted by Gasteiger charge is 2.26. The average Bonchev–Trinajstić information content (AvgIpc) is 3.29. The lowest BCUT2D eigenvalue weighted by Gasteiger charge is -2.14. The van der Waals surface area contributed by atoms with Crippen LogP contribution in [-0.4, -0.2) is 30.7 Å². The van der Waals surface area contributed by atoms with Crippen LogP contribution in [0.25, 0.3) is 10.8 Å². The number of aromatic nitrogens is 1. The smallest absolute Gasteiger partial charge is 0.376 e. The van der Waals surface area contributed by atoms with E-state index in [0.717, 1.165) is 28.5 Å². The number of nitrogens with one attached hydrogen (secondary N) is 2. The Labute approximate surface area is 209 Å². The second-order valence-electron chi connectivity index (χ2n) is 9.28. The molecule has 0 aliphatic heterocycles. The van der Waals surface area contributed by atoms with E-state index in [1.54, 1.807) is 24.5 Å². The van der Waals surface area contributed by atoms with E-state index in [-0.39, 0.29) is 16.9 Å². The zero-order chi connectivity index (χ0) is 25.7. The number of benzene rings is 2. The number of furan rings is 1. The summed E-state index contributed by atoms with van der Waals surface area (Å²) >= 11 is 0. The molecule has 0 fully saturated rings. The van der Waals surface area contributed by atoms with E-state index in [9.17, 15) is 9.59 Å². The van der Waals surface area contributed by atoms with Gasteiger partial charge in [-0.15, -0.1) is 0 Å². The molecule has 2 heterocycles. The normalized spacial score (nSPS) is 11.2. The Kier molecular flexibility index (Phi) is 7.24. The zero-order valence-corrected chi connectivity index (χ0v) is 20.8. The molecule has 0 atom stereocenters. The molecule has 0 aliphatic carbocycles. The first kappa shape index (κ1) is 24.8. The van der Waals surface area contributed by atoms with E-state index in [0.29, 0.717) is 18.1 Å². The van der Waals surface area contributed by atoms with Crippen LogP contribution in [0, 0.1) is 0 Å². The molecule has 0 radical (unpaired) electrons. The minimum absolute atomic E-state index is 0.0552. The molecular formula is C28H29N3O5. The number of urea groups is 1. The number of hydrogen-bond donors (Lipinski definition) is 2. The number of nitrogens with zero attached hydrogens (tertiary/aromatic N) is 1. The van der Waals surface area contributed by atoms with Gasteiger partial charge in [-0.1, -0.05) is 45.0 Å². The highest BCUT2D eigenvalue weighted by atomic mass is 16.5. The lowest BCUT2D eigenvalue weighted by molar-refractivity contribution is 0.0563. The maximum atomic E-state index is 12.9. The summed E-state index contributed by atoms with van der Waals surface area (Å²) in [5.41, 5.74) is 1.63. The van der Waals surface area contributed by atoms with Gasteiger partial charge < -0.3 is 24.5 Å². The van der Waals surface area contributed by atoms with Crippen molar-refractivity contribution in [3.8, 4) is 5.75 Å². The van der Waals surface area contributed by atoms with Gasteiger partial charge in [0.05, 0.1) is 25.1 Å². The third kappa shape index (κ3) is 5.66. The zero-order valence-electron chi connectivity index (χ0n) is 20.8. The van der Waals surface area contributed by atoms with Gasteiger partial charge in [0.2, 0.25) is 5.76 Å². The van der Waals surface area contributed by atoms with E-state index in [1.807, 2.05) is 63.2 Å². The van der Waals surface area contributed by atoms with Gasteiger partial charge in [-0.3, -0.25) is 4.98 Å². The first-order valence-corrected chi connectivity index (χ1v) is 11.6. The second kappa shape index (κ2) is 10.5. The molecule has 0 saturated carbocycles. The maximum Gasteiger partial charge on any atom is 0.376 e. The molecule has 0 bridgehead atoms. The number of rotatable bonds is 7. The fraction of sp³-hybridized carbons (Fsp3) is 0.250. The van der Waals surface area contributed by atoms with Crippen molar-refractivity contribution in [3.63, 3.8) is 0 Å². The van der Waals surface area contributed by atoms with Gasteiger partial charge in [0.15, 0.2) is 0 Å². The Hall–Kier alpha value is -4.33. The second-order valence-corrected chi connectivity index (χ2v) is 9.28. The quantitative estimate of drug-likeness (QED) is 0.302. The van der Waals surface area contributed by atoms with E-state index >= 15 is 0 Å². The van der Waals surface area contributed by atoms with Crippen LogP contribution in [0.5, 0.6) is 5.75 Å². The predicted molar refractivity (Wildman–Crippen MR) is 139 cm³/mol. The number of carbonyl (C=O) groups is 2. The number of hydrogen-bond acceptors (Lipinski definition) is 6. The Balaban J connectivity index is 1.52. The number of amides is 2. The van der Waals surface area contributed by atoms with Crippen molar-refractivity contribution in [1.29, 1.82) is 0 Å². The highest BCUT2D eigenvalue weighted by molar-refractivity contribution is 6.09. The van der Waals surface area contributed by atoms with Crippen molar-refractivity contribution < 1.29 is 23.5 Å². The maximum absolute atomic E-state index is 12.9. The SMILES string of the molecule is COC(=O)c1oc(C(C)(C)C)cc1NC(=O)Nc1ccc(OCCc2ccncc2)c2ccccc12. The topological polar surface area (TPSA) is 103 Å². The molecule has 0 spiro atoms. The molecule has 2 aromatic heterocycles. The van der Waals surface area contributed by atoms with Crippen LogP contribution >= 0.6 is 0 Å². The number of pyridine rings is 1. The molecule has 0 unspecified atom stereocenters. The number of methoxy groups -OCH3 is 1. The average molecular weight is 488 g/mol. The van der Waals surface area contributed by atoms with E-state index < -0.39 is 12.0 Å². The minimum atomic E-state index is -0.667. The fourth-order valence-electron chi connectivity index (χ4n) is 3.71. The number of fused-ring (bicyclic) bond motifs is 1. The van der Waals surface area contributed by atoms with Crippen LogP contribution in [0.2, 0.25) is 0 Å². The van der Waals surface area contributed by atoms with Crippen molar-refractivity contribution >= 4 is 34.1 Å². The van der Waals surface area contributed by atoms with Crippen molar-refractivity contribution in [3.05, 3.63) is 84.1 Å². The number of ether oxygens (including phenoxy) is 2. The highest BCUT2D eigenvalue weighted by Crippen LogP contribution is 2.33. The van der Waals surface area contributed by atoms with Gasteiger partial charge in [0, 0.05) is 41.1 Å². The van der Waals surface area contributed by atoms with Gasteiger partial charge in [-0.2, -0.15) is 0 Å². The van der Waals surface area contributed by atoms with Crippen LogP contribution in [0.4, 0.5) is 16.2 Å². The molecule has 2 aromatic carbocycles. The predicted octanol–water partition coefficient (Wildman–Crippen LogP) is 6.18. The van der Waals surface area contributed by atoms with Gasteiger partial charge in [0.1, 0.15) is 11.5 Å². The van der Waals surface area contributed by atoms with Crippen molar-refractivity contribution in [2.75, 3.05) is 24.4 Å². The number of esters is 1. The molecule has 8 nitrogen and oxygen atoms in total. The molecule has 0 saturated heterocycles. The molecule has 4 rings (SSSR count). The largest absolute Gasteiger partial charge is 0.493 e. The lowest BCUT2D eigenvalue weighted by Crippen LogP contribution is -2.20. The monoisotopic (exact) mass is 487 g/mol. The van der Waals surface area contributed by atoms with E-state index in [2.05, 4.69) is 15.6 Å². The molecule has 0 aliphatic rings. The Bertz CT molecular complexity index is 1370. The summed E-state index contributed by atoms with van der Waals surface area (Å²) in [5.74, 6) is 0.556. The van der Waals surface area contributed by atoms with Gasteiger partial charge in [-0.05, 0) is 29.8 Å².